The number of amides is 10. The number of carbonyl (C=O) groups excluding carboxylic acids is 10. The molecular formula is C43H67N11O12S2. The third-order valence-electron chi connectivity index (χ3n) is 11.2. The van der Waals surface area contributed by atoms with Crippen LogP contribution in [0.3, 0.4) is 0 Å². The smallest absolute Gasteiger partial charge is 0.246 e. The zero-order chi connectivity index (χ0) is 50.7. The molecule has 0 spiro atoms. The first-order valence-electron chi connectivity index (χ1n) is 22.4. The monoisotopic (exact) mass is 993 g/mol. The van der Waals surface area contributed by atoms with Gasteiger partial charge in [-0.3, -0.25) is 47.9 Å². The van der Waals surface area contributed by atoms with Crippen molar-refractivity contribution in [3.05, 3.63) is 29.8 Å². The van der Waals surface area contributed by atoms with Gasteiger partial charge in [-0.1, -0.05) is 67.8 Å². The van der Waals surface area contributed by atoms with Crippen LogP contribution >= 0.6 is 21.6 Å². The fourth-order valence-electron chi connectivity index (χ4n) is 7.28. The summed E-state index contributed by atoms with van der Waals surface area (Å²) in [4.78, 5) is 136. The van der Waals surface area contributed by atoms with Crippen LogP contribution in [-0.4, -0.2) is 156 Å². The molecule has 378 valence electrons. The van der Waals surface area contributed by atoms with Crippen molar-refractivity contribution < 1.29 is 57.8 Å². The van der Waals surface area contributed by atoms with Crippen molar-refractivity contribution in [2.75, 3.05) is 38.3 Å². The number of hydrogen-bond acceptors (Lipinski definition) is 15. The number of aromatic hydroxyl groups is 1. The number of nitrogens with zero attached hydrogens (tertiary/aromatic N) is 1. The maximum atomic E-state index is 14.5. The summed E-state index contributed by atoms with van der Waals surface area (Å²) in [5.74, 6) is -8.48. The van der Waals surface area contributed by atoms with Gasteiger partial charge in [-0.15, -0.1) is 0 Å². The largest absolute Gasteiger partial charge is 0.508 e. The second-order valence-corrected chi connectivity index (χ2v) is 19.7. The summed E-state index contributed by atoms with van der Waals surface area (Å²) in [5.41, 5.74) is 17.5. The van der Waals surface area contributed by atoms with E-state index in [2.05, 4.69) is 37.2 Å². The van der Waals surface area contributed by atoms with E-state index in [9.17, 15) is 53.1 Å². The molecule has 2 aliphatic heterocycles. The number of ether oxygens (including phenoxy) is 1. The van der Waals surface area contributed by atoms with Crippen LogP contribution in [0.15, 0.2) is 24.3 Å². The minimum Gasteiger partial charge on any atom is -0.508 e. The number of hydrogen-bond donors (Lipinski definition) is 11. The van der Waals surface area contributed by atoms with Crippen LogP contribution < -0.4 is 54.4 Å². The molecule has 2 saturated heterocycles. The fourth-order valence-corrected chi connectivity index (χ4v) is 9.56. The van der Waals surface area contributed by atoms with Crippen LogP contribution in [0.2, 0.25) is 0 Å². The molecule has 0 aromatic heterocycles. The Morgan fingerprint density at radius 1 is 0.838 bits per heavy atom. The average molecular weight is 994 g/mol. The predicted octanol–water partition coefficient (Wildman–Crippen LogP) is -2.84. The Labute approximate surface area is 403 Å². The van der Waals surface area contributed by atoms with Crippen molar-refractivity contribution in [3.8, 4) is 5.75 Å². The highest BCUT2D eigenvalue weighted by Gasteiger charge is 2.41. The lowest BCUT2D eigenvalue weighted by Gasteiger charge is -2.31. The molecule has 0 radical (unpaired) electrons. The lowest BCUT2D eigenvalue weighted by molar-refractivity contribution is -0.142. The number of benzene rings is 1. The number of rotatable bonds is 17. The highest BCUT2D eigenvalue weighted by Crippen LogP contribution is 2.26. The number of phenolic OH excluding ortho intramolecular Hbond substituents is 1. The van der Waals surface area contributed by atoms with E-state index >= 15 is 0 Å². The zero-order valence-corrected chi connectivity index (χ0v) is 40.6. The van der Waals surface area contributed by atoms with Crippen molar-refractivity contribution in [1.29, 1.82) is 0 Å². The minimum atomic E-state index is -1.48. The zero-order valence-electron chi connectivity index (χ0n) is 39.0. The molecule has 0 unspecified atom stereocenters. The molecule has 9 atom stereocenters. The first kappa shape index (κ1) is 56.7. The lowest BCUT2D eigenvalue weighted by Crippen LogP contribution is -2.62. The molecule has 0 saturated carbocycles. The van der Waals surface area contributed by atoms with Gasteiger partial charge in [0.1, 0.15) is 48.0 Å². The Morgan fingerprint density at radius 2 is 1.46 bits per heavy atom. The first-order valence-corrected chi connectivity index (χ1v) is 24.9. The molecular weight excluding hydrogens is 927 g/mol. The molecule has 2 aliphatic rings. The van der Waals surface area contributed by atoms with E-state index in [-0.39, 0.29) is 61.8 Å². The van der Waals surface area contributed by atoms with Crippen molar-refractivity contribution >= 4 is 80.7 Å². The molecule has 2 heterocycles. The number of primary amides is 2. The minimum absolute atomic E-state index is 0.0305. The Bertz CT molecular complexity index is 1960. The second-order valence-electron chi connectivity index (χ2n) is 17.2. The van der Waals surface area contributed by atoms with E-state index in [1.807, 2.05) is 13.8 Å². The summed E-state index contributed by atoms with van der Waals surface area (Å²) in [6.45, 7) is 6.36. The van der Waals surface area contributed by atoms with E-state index in [1.54, 1.807) is 26.0 Å². The van der Waals surface area contributed by atoms with E-state index < -0.39 is 126 Å². The SMILES string of the molecule is CC[C@H](C)[C@@H]1NC(=O)[C@H](Cc2ccc(O)cc2)NC(=O)[C@@H](N)CSSC[C@@H](C(=O)N2CCC[C@H]2C(=O)N[C@@H](CC(C)C)C(=O)NCC(N)=O)NC(=O)[C@H](COC)NC(=O)[C@H](CCC(N)=O)NC1=O. The number of methoxy groups -OCH3 is 1. The van der Waals surface area contributed by atoms with Crippen LogP contribution in [0, 0.1) is 11.8 Å². The van der Waals surface area contributed by atoms with Crippen LogP contribution in [0.4, 0.5) is 0 Å². The van der Waals surface area contributed by atoms with Gasteiger partial charge in [0.25, 0.3) is 0 Å². The van der Waals surface area contributed by atoms with Gasteiger partial charge in [0.15, 0.2) is 0 Å². The van der Waals surface area contributed by atoms with Crippen LogP contribution in [0.25, 0.3) is 0 Å². The van der Waals surface area contributed by atoms with E-state index in [4.69, 9.17) is 21.9 Å². The van der Waals surface area contributed by atoms with Gasteiger partial charge in [0, 0.05) is 38.0 Å². The van der Waals surface area contributed by atoms with Gasteiger partial charge in [-0.25, -0.2) is 0 Å². The van der Waals surface area contributed by atoms with E-state index in [1.165, 1.54) is 24.1 Å². The third kappa shape index (κ3) is 18.1. The highest BCUT2D eigenvalue weighted by atomic mass is 33.1. The first-order chi connectivity index (χ1) is 32.1. The quantitative estimate of drug-likeness (QED) is 0.0701. The summed E-state index contributed by atoms with van der Waals surface area (Å²) in [7, 11) is 3.42. The molecule has 0 aliphatic carbocycles. The molecule has 10 amide bonds. The second kappa shape index (κ2) is 28.0. The van der Waals surface area contributed by atoms with Gasteiger partial charge in [-0.05, 0) is 55.2 Å². The molecule has 0 bridgehead atoms. The fraction of sp³-hybridized carbons (Fsp3) is 0.628. The van der Waals surface area contributed by atoms with Gasteiger partial charge in [-0.2, -0.15) is 0 Å². The summed E-state index contributed by atoms with van der Waals surface area (Å²) in [6, 6.07) is -4.28. The van der Waals surface area contributed by atoms with Crippen molar-refractivity contribution in [1.82, 2.24) is 42.1 Å². The summed E-state index contributed by atoms with van der Waals surface area (Å²) >= 11 is 0. The van der Waals surface area contributed by atoms with Gasteiger partial charge < -0.3 is 69.2 Å². The van der Waals surface area contributed by atoms with Gasteiger partial charge >= 0.3 is 0 Å². The van der Waals surface area contributed by atoms with Crippen LogP contribution in [0.5, 0.6) is 5.75 Å². The maximum absolute atomic E-state index is 14.5. The number of likely N-dealkylation sites (tertiary alicyclic amines) is 1. The van der Waals surface area contributed by atoms with Crippen molar-refractivity contribution in [2.24, 2.45) is 29.0 Å². The molecule has 23 nitrogen and oxygen atoms in total. The Kier molecular flexibility index (Phi) is 23.3. The van der Waals surface area contributed by atoms with Crippen LogP contribution in [0.1, 0.15) is 71.8 Å². The normalized spacial score (nSPS) is 24.5. The van der Waals surface area contributed by atoms with Crippen molar-refractivity contribution in [3.63, 3.8) is 0 Å². The standard InChI is InChI=1S/C43H67N11O12S2/c1-6-23(4)35-42(64)48-27(13-14-33(45)56)38(60)51-30(19-66-5)40(62)52-31(21-68-67-20-26(44)36(58)49-29(39(61)53-35)17-24-9-11-25(55)12-10-24)43(65)54-15-7-8-32(54)41(63)50-28(16-22(2)3)37(59)47-18-34(46)57/h9-12,22-23,26-32,35,55H,6-8,13-21,44H2,1-5H3,(H2,45,56)(H2,46,57)(H,47,59)(H,48,64)(H,49,58)(H,50,63)(H,51,60)(H,52,62)(H,53,61)/t23-,26-,27-,28-,29-,30-,31-,32-,35-/m0/s1. The molecule has 25 heteroatoms. The summed E-state index contributed by atoms with van der Waals surface area (Å²) in [6.07, 6.45) is 0.422. The lowest BCUT2D eigenvalue weighted by atomic mass is 9.96. The third-order valence-corrected chi connectivity index (χ3v) is 13.7. The van der Waals surface area contributed by atoms with Crippen molar-refractivity contribution in [2.45, 2.75) is 121 Å². The Balaban J connectivity index is 2.02. The van der Waals surface area contributed by atoms with E-state index in [0.29, 0.717) is 18.4 Å². The Morgan fingerprint density at radius 3 is 2.07 bits per heavy atom. The number of carbonyl (C=O) groups is 10. The number of nitrogens with two attached hydrogens (primary N) is 3. The maximum Gasteiger partial charge on any atom is 0.246 e. The molecule has 1 aromatic carbocycles. The number of phenols is 1. The van der Waals surface area contributed by atoms with E-state index in [0.717, 1.165) is 21.6 Å². The molecule has 2 fully saturated rings. The molecule has 14 N–H and O–H groups in total. The average Bonchev–Trinajstić information content (AvgIpc) is 3.79. The molecule has 68 heavy (non-hydrogen) atoms. The highest BCUT2D eigenvalue weighted by molar-refractivity contribution is 8.76. The molecule has 1 aromatic rings. The van der Waals surface area contributed by atoms with Crippen LogP contribution in [-0.2, 0) is 59.1 Å². The summed E-state index contributed by atoms with van der Waals surface area (Å²) < 4.78 is 5.27. The summed E-state index contributed by atoms with van der Waals surface area (Å²) in [5, 5.41) is 28.1. The van der Waals surface area contributed by atoms with Gasteiger partial charge in [0.2, 0.25) is 59.1 Å². The predicted molar refractivity (Wildman–Crippen MR) is 252 cm³/mol. The Hall–Kier alpha value is -5.66. The van der Waals surface area contributed by atoms with Gasteiger partial charge in [0.05, 0.1) is 19.2 Å². The number of nitrogens with one attached hydrogen (secondary N) is 7. The topological polar surface area (TPSA) is 366 Å². The molecule has 3 rings (SSSR count).